The second kappa shape index (κ2) is 6.79. The molecule has 126 valence electrons. The molecule has 1 N–H and O–H groups in total. The predicted molar refractivity (Wildman–Crippen MR) is 90.9 cm³/mol. The third-order valence-corrected chi connectivity index (χ3v) is 4.80. The third-order valence-electron chi connectivity index (χ3n) is 3.68. The van der Waals surface area contributed by atoms with E-state index in [9.17, 15) is 19.7 Å². The number of carbonyl (C=O) groups is 2. The van der Waals surface area contributed by atoms with Gasteiger partial charge in [-0.2, -0.15) is 0 Å². The van der Waals surface area contributed by atoms with E-state index in [1.54, 1.807) is 13.8 Å². The van der Waals surface area contributed by atoms with Crippen molar-refractivity contribution in [3.05, 3.63) is 55.4 Å². The monoisotopic (exact) mass is 348 g/mol. The molecule has 0 radical (unpaired) electrons. The number of esters is 1. The number of aryl methyl sites for hydroxylation is 2. The Balaban J connectivity index is 2.41. The van der Waals surface area contributed by atoms with E-state index in [0.29, 0.717) is 16.1 Å². The van der Waals surface area contributed by atoms with Crippen LogP contribution in [0, 0.1) is 30.9 Å². The molecule has 0 saturated heterocycles. The zero-order valence-corrected chi connectivity index (χ0v) is 14.4. The molecule has 7 nitrogen and oxygen atoms in total. The maximum Gasteiger partial charge on any atom is 0.341 e. The van der Waals surface area contributed by atoms with Crippen molar-refractivity contribution in [1.82, 2.24) is 0 Å². The second-order valence-electron chi connectivity index (χ2n) is 5.19. The highest BCUT2D eigenvalue weighted by atomic mass is 32.1. The van der Waals surface area contributed by atoms with Gasteiger partial charge in [0.1, 0.15) is 5.00 Å². The number of non-ortho nitro benzene ring substituents is 1. The first-order valence-corrected chi connectivity index (χ1v) is 7.82. The second-order valence-corrected chi connectivity index (χ2v) is 6.41. The van der Waals surface area contributed by atoms with E-state index in [1.807, 2.05) is 6.92 Å². The minimum absolute atomic E-state index is 0.169. The number of benzene rings is 1. The van der Waals surface area contributed by atoms with Gasteiger partial charge in [-0.05, 0) is 31.9 Å². The number of hydrogen-bond acceptors (Lipinski definition) is 6. The van der Waals surface area contributed by atoms with Crippen molar-refractivity contribution in [2.45, 2.75) is 20.8 Å². The highest BCUT2D eigenvalue weighted by Crippen LogP contribution is 2.33. The van der Waals surface area contributed by atoms with Crippen LogP contribution in [0.15, 0.2) is 18.2 Å². The van der Waals surface area contributed by atoms with Crippen molar-refractivity contribution in [2.75, 3.05) is 12.4 Å². The lowest BCUT2D eigenvalue weighted by atomic mass is 10.1. The van der Waals surface area contributed by atoms with Crippen LogP contribution in [-0.4, -0.2) is 23.9 Å². The highest BCUT2D eigenvalue weighted by Gasteiger charge is 2.23. The number of ether oxygens (including phenoxy) is 1. The Morgan fingerprint density at radius 1 is 1.25 bits per heavy atom. The summed E-state index contributed by atoms with van der Waals surface area (Å²) in [6.45, 7) is 5.29. The lowest BCUT2D eigenvalue weighted by Crippen LogP contribution is -2.15. The van der Waals surface area contributed by atoms with Crippen LogP contribution in [0.25, 0.3) is 0 Å². The molecule has 1 aromatic carbocycles. The number of nitro groups is 1. The number of nitro benzene ring substituents is 1. The minimum Gasteiger partial charge on any atom is -0.465 e. The van der Waals surface area contributed by atoms with Crippen molar-refractivity contribution in [2.24, 2.45) is 0 Å². The van der Waals surface area contributed by atoms with E-state index in [4.69, 9.17) is 4.74 Å². The Morgan fingerprint density at radius 2 is 1.92 bits per heavy atom. The summed E-state index contributed by atoms with van der Waals surface area (Å²) in [4.78, 5) is 35.7. The Bertz CT molecular complexity index is 841. The molecule has 1 heterocycles. The van der Waals surface area contributed by atoms with Gasteiger partial charge in [0, 0.05) is 22.6 Å². The average Bonchev–Trinajstić information content (AvgIpc) is 2.81. The summed E-state index contributed by atoms with van der Waals surface area (Å²) in [6, 6.07) is 4.07. The summed E-state index contributed by atoms with van der Waals surface area (Å²) < 4.78 is 4.76. The number of anilines is 1. The maximum atomic E-state index is 12.5. The van der Waals surface area contributed by atoms with Crippen LogP contribution in [0.1, 0.15) is 36.7 Å². The summed E-state index contributed by atoms with van der Waals surface area (Å²) in [7, 11) is 1.27. The average molecular weight is 348 g/mol. The molecule has 1 aromatic heterocycles. The molecular weight excluding hydrogens is 332 g/mol. The van der Waals surface area contributed by atoms with Crippen molar-refractivity contribution < 1.29 is 19.2 Å². The van der Waals surface area contributed by atoms with E-state index >= 15 is 0 Å². The Hall–Kier alpha value is -2.74. The predicted octanol–water partition coefficient (Wildman–Crippen LogP) is 3.62. The Morgan fingerprint density at radius 3 is 2.50 bits per heavy atom. The number of carbonyl (C=O) groups excluding carboxylic acids is 2. The van der Waals surface area contributed by atoms with Gasteiger partial charge < -0.3 is 10.1 Å². The fraction of sp³-hybridized carbons (Fsp3) is 0.250. The van der Waals surface area contributed by atoms with Crippen molar-refractivity contribution in [3.63, 3.8) is 0 Å². The van der Waals surface area contributed by atoms with Crippen LogP contribution >= 0.6 is 11.3 Å². The molecule has 0 saturated carbocycles. The molecule has 0 bridgehead atoms. The van der Waals surface area contributed by atoms with Crippen LogP contribution < -0.4 is 5.32 Å². The molecule has 8 heteroatoms. The maximum absolute atomic E-state index is 12.5. The van der Waals surface area contributed by atoms with Gasteiger partial charge in [0.05, 0.1) is 17.6 Å². The quantitative estimate of drug-likeness (QED) is 0.517. The van der Waals surface area contributed by atoms with E-state index in [1.165, 1.54) is 36.6 Å². The van der Waals surface area contributed by atoms with Crippen molar-refractivity contribution in [3.8, 4) is 0 Å². The van der Waals surface area contributed by atoms with Gasteiger partial charge >= 0.3 is 5.97 Å². The number of thiophene rings is 1. The molecule has 2 aromatic rings. The summed E-state index contributed by atoms with van der Waals surface area (Å²) in [6.07, 6.45) is 0. The van der Waals surface area contributed by atoms with E-state index < -0.39 is 16.8 Å². The zero-order valence-electron chi connectivity index (χ0n) is 13.6. The first-order chi connectivity index (χ1) is 11.3. The number of amides is 1. The molecule has 2 rings (SSSR count). The van der Waals surface area contributed by atoms with Crippen molar-refractivity contribution in [1.29, 1.82) is 0 Å². The van der Waals surface area contributed by atoms with Crippen molar-refractivity contribution >= 4 is 33.9 Å². The summed E-state index contributed by atoms with van der Waals surface area (Å²) in [5, 5.41) is 13.9. The molecule has 0 aliphatic rings. The van der Waals surface area contributed by atoms with Gasteiger partial charge in [-0.1, -0.05) is 6.07 Å². The number of nitrogens with one attached hydrogen (secondary N) is 1. The van der Waals surface area contributed by atoms with Crippen LogP contribution in [0.3, 0.4) is 0 Å². The number of methoxy groups -OCH3 is 1. The minimum atomic E-state index is -0.560. The first-order valence-electron chi connectivity index (χ1n) is 7.01. The molecule has 0 aliphatic carbocycles. The first kappa shape index (κ1) is 17.6. The van der Waals surface area contributed by atoms with E-state index in [2.05, 4.69) is 5.32 Å². The van der Waals surface area contributed by atoms with Gasteiger partial charge in [0.25, 0.3) is 11.6 Å². The van der Waals surface area contributed by atoms with Crippen LogP contribution in [-0.2, 0) is 4.74 Å². The number of nitrogens with zero attached hydrogens (tertiary/aromatic N) is 1. The smallest absolute Gasteiger partial charge is 0.341 e. The van der Waals surface area contributed by atoms with Gasteiger partial charge in [-0.15, -0.1) is 11.3 Å². The van der Waals surface area contributed by atoms with Crippen LogP contribution in [0.5, 0.6) is 0 Å². The molecule has 0 unspecified atom stereocenters. The molecule has 0 fully saturated rings. The standard InChI is InChI=1S/C16H16N2O5S/c1-8-5-6-11(18(21)22)7-12(8)14(19)17-15-13(16(20)23-4)9(2)10(3)24-15/h5-7H,1-4H3,(H,17,19). The fourth-order valence-corrected chi connectivity index (χ4v) is 3.25. The third kappa shape index (κ3) is 3.28. The van der Waals surface area contributed by atoms with Crippen LogP contribution in [0.4, 0.5) is 10.7 Å². The van der Waals surface area contributed by atoms with E-state index in [0.717, 1.165) is 10.4 Å². The van der Waals surface area contributed by atoms with Gasteiger partial charge in [0.15, 0.2) is 0 Å². The molecule has 0 atom stereocenters. The Kier molecular flexibility index (Phi) is 4.99. The van der Waals surface area contributed by atoms with Gasteiger partial charge in [0.2, 0.25) is 0 Å². The zero-order chi connectivity index (χ0) is 18.0. The normalized spacial score (nSPS) is 10.3. The lowest BCUT2D eigenvalue weighted by Gasteiger charge is -2.08. The number of hydrogen-bond donors (Lipinski definition) is 1. The fourth-order valence-electron chi connectivity index (χ4n) is 2.20. The molecule has 24 heavy (non-hydrogen) atoms. The molecule has 0 spiro atoms. The molecule has 0 aliphatic heterocycles. The van der Waals surface area contributed by atoms with Gasteiger partial charge in [-0.3, -0.25) is 14.9 Å². The van der Waals surface area contributed by atoms with Gasteiger partial charge in [-0.25, -0.2) is 4.79 Å². The summed E-state index contributed by atoms with van der Waals surface area (Å²) >= 11 is 1.26. The Labute approximate surface area is 142 Å². The largest absolute Gasteiger partial charge is 0.465 e. The highest BCUT2D eigenvalue weighted by molar-refractivity contribution is 7.16. The summed E-state index contributed by atoms with van der Waals surface area (Å²) in [5.74, 6) is -1.05. The SMILES string of the molecule is COC(=O)c1c(NC(=O)c2cc([N+](=O)[O-])ccc2C)sc(C)c1C. The summed E-state index contributed by atoms with van der Waals surface area (Å²) in [5.41, 5.74) is 1.65. The number of rotatable bonds is 4. The van der Waals surface area contributed by atoms with Crippen LogP contribution in [0.2, 0.25) is 0 Å². The molecule has 1 amide bonds. The topological polar surface area (TPSA) is 98.5 Å². The lowest BCUT2D eigenvalue weighted by molar-refractivity contribution is -0.384. The molecular formula is C16H16N2O5S. The van der Waals surface area contributed by atoms with E-state index in [-0.39, 0.29) is 11.3 Å².